The summed E-state index contributed by atoms with van der Waals surface area (Å²) in [7, 11) is 0. The predicted molar refractivity (Wildman–Crippen MR) is 74.3 cm³/mol. The molecule has 0 aliphatic heterocycles. The molecule has 0 unspecified atom stereocenters. The van der Waals surface area contributed by atoms with E-state index in [1.54, 1.807) is 0 Å². The van der Waals surface area contributed by atoms with E-state index in [4.69, 9.17) is 5.11 Å². The first-order chi connectivity index (χ1) is 9.47. The van der Waals surface area contributed by atoms with Crippen molar-refractivity contribution in [1.29, 1.82) is 0 Å². The number of carboxylic acid groups (broad SMARTS) is 1. The molecule has 0 bridgehead atoms. The molecule has 20 heavy (non-hydrogen) atoms. The Morgan fingerprint density at radius 3 is 2.80 bits per heavy atom. The standard InChI is InChI=1S/C12H8BrFN2O3S/c13-7-3-6(1-2-8(7)14)11(17)15-4-10-16-9(5-20-10)12(18)19/h1-3,5H,4H2,(H,15,17)(H,18,19). The van der Waals surface area contributed by atoms with Crippen LogP contribution in [0.25, 0.3) is 0 Å². The summed E-state index contributed by atoms with van der Waals surface area (Å²) >= 11 is 4.14. The third-order valence-electron chi connectivity index (χ3n) is 2.35. The molecule has 2 N–H and O–H groups in total. The van der Waals surface area contributed by atoms with Crippen molar-refractivity contribution in [2.45, 2.75) is 6.54 Å². The lowest BCUT2D eigenvalue weighted by atomic mass is 10.2. The van der Waals surface area contributed by atoms with Crippen LogP contribution in [0, 0.1) is 5.82 Å². The Bertz CT molecular complexity index is 674. The highest BCUT2D eigenvalue weighted by Crippen LogP contribution is 2.17. The van der Waals surface area contributed by atoms with Gasteiger partial charge in [0, 0.05) is 10.9 Å². The Kier molecular flexibility index (Phi) is 4.46. The smallest absolute Gasteiger partial charge is 0.355 e. The number of amides is 1. The van der Waals surface area contributed by atoms with Crippen LogP contribution in [0.1, 0.15) is 25.9 Å². The van der Waals surface area contributed by atoms with E-state index in [0.717, 1.165) is 11.3 Å². The van der Waals surface area contributed by atoms with Crippen LogP contribution in [0.4, 0.5) is 4.39 Å². The average Bonchev–Trinajstić information content (AvgIpc) is 2.88. The number of hydrogen-bond acceptors (Lipinski definition) is 4. The molecule has 104 valence electrons. The fourth-order valence-electron chi connectivity index (χ4n) is 1.39. The second-order valence-electron chi connectivity index (χ2n) is 3.74. The van der Waals surface area contributed by atoms with Gasteiger partial charge in [-0.1, -0.05) is 0 Å². The lowest BCUT2D eigenvalue weighted by molar-refractivity contribution is 0.0691. The fraction of sp³-hybridized carbons (Fsp3) is 0.0833. The molecule has 1 aromatic heterocycles. The molecule has 0 spiro atoms. The van der Waals surface area contributed by atoms with Crippen LogP contribution >= 0.6 is 27.3 Å². The molecule has 0 saturated heterocycles. The Labute approximate surface area is 125 Å². The number of nitrogens with zero attached hydrogens (tertiary/aromatic N) is 1. The predicted octanol–water partition coefficient (Wildman–Crippen LogP) is 2.67. The van der Waals surface area contributed by atoms with Gasteiger partial charge in [-0.3, -0.25) is 4.79 Å². The van der Waals surface area contributed by atoms with Gasteiger partial charge in [-0.15, -0.1) is 11.3 Å². The molecule has 0 fully saturated rings. The molecule has 1 aromatic carbocycles. The van der Waals surface area contributed by atoms with Crippen molar-refractivity contribution in [2.24, 2.45) is 0 Å². The molecular weight excluding hydrogens is 351 g/mol. The zero-order chi connectivity index (χ0) is 14.7. The zero-order valence-corrected chi connectivity index (χ0v) is 12.3. The van der Waals surface area contributed by atoms with Crippen molar-refractivity contribution in [3.8, 4) is 0 Å². The lowest BCUT2D eigenvalue weighted by Crippen LogP contribution is -2.22. The highest BCUT2D eigenvalue weighted by Gasteiger charge is 2.11. The number of hydrogen-bond donors (Lipinski definition) is 2. The molecule has 0 saturated carbocycles. The van der Waals surface area contributed by atoms with Crippen LogP contribution in [0.5, 0.6) is 0 Å². The third kappa shape index (κ3) is 3.40. The van der Waals surface area contributed by atoms with Gasteiger partial charge >= 0.3 is 5.97 Å². The quantitative estimate of drug-likeness (QED) is 0.880. The maximum atomic E-state index is 13.0. The van der Waals surface area contributed by atoms with E-state index in [0.29, 0.717) is 10.6 Å². The molecule has 2 rings (SSSR count). The number of benzene rings is 1. The van der Waals surface area contributed by atoms with Crippen LogP contribution in [-0.4, -0.2) is 22.0 Å². The molecule has 1 amide bonds. The summed E-state index contributed by atoms with van der Waals surface area (Å²) < 4.78 is 13.3. The fourth-order valence-corrected chi connectivity index (χ4v) is 2.47. The van der Waals surface area contributed by atoms with Gasteiger partial charge < -0.3 is 10.4 Å². The van der Waals surface area contributed by atoms with E-state index in [1.165, 1.54) is 23.6 Å². The number of aromatic carboxylic acids is 1. The van der Waals surface area contributed by atoms with E-state index in [2.05, 4.69) is 26.2 Å². The van der Waals surface area contributed by atoms with E-state index in [-0.39, 0.29) is 16.7 Å². The number of carbonyl (C=O) groups is 2. The highest BCUT2D eigenvalue weighted by atomic mass is 79.9. The molecule has 0 aliphatic carbocycles. The van der Waals surface area contributed by atoms with Gasteiger partial charge in [0.15, 0.2) is 5.69 Å². The summed E-state index contributed by atoms with van der Waals surface area (Å²) in [6.07, 6.45) is 0. The normalized spacial score (nSPS) is 10.3. The molecule has 0 aliphatic rings. The topological polar surface area (TPSA) is 79.3 Å². The van der Waals surface area contributed by atoms with Crippen molar-refractivity contribution in [3.05, 3.63) is 50.1 Å². The van der Waals surface area contributed by atoms with Gasteiger partial charge in [0.2, 0.25) is 0 Å². The Morgan fingerprint density at radius 1 is 1.45 bits per heavy atom. The van der Waals surface area contributed by atoms with E-state index < -0.39 is 17.7 Å². The first-order valence-corrected chi connectivity index (χ1v) is 7.05. The summed E-state index contributed by atoms with van der Waals surface area (Å²) in [6.45, 7) is 0.117. The van der Waals surface area contributed by atoms with E-state index in [1.807, 2.05) is 0 Å². The van der Waals surface area contributed by atoms with Crippen LogP contribution in [0.15, 0.2) is 28.1 Å². The minimum absolute atomic E-state index is 0.0521. The number of carboxylic acids is 1. The Balaban J connectivity index is 2.00. The molecule has 1 heterocycles. The maximum absolute atomic E-state index is 13.0. The van der Waals surface area contributed by atoms with Gasteiger partial charge in [-0.05, 0) is 34.1 Å². The van der Waals surface area contributed by atoms with Crippen molar-refractivity contribution < 1.29 is 19.1 Å². The summed E-state index contributed by atoms with van der Waals surface area (Å²) in [5, 5.41) is 13.2. The van der Waals surface area contributed by atoms with E-state index >= 15 is 0 Å². The number of carbonyl (C=O) groups excluding carboxylic acids is 1. The average molecular weight is 359 g/mol. The zero-order valence-electron chi connectivity index (χ0n) is 9.89. The molecule has 2 aromatic rings. The SMILES string of the molecule is O=C(NCc1nc(C(=O)O)cs1)c1ccc(F)c(Br)c1. The van der Waals surface area contributed by atoms with Crippen molar-refractivity contribution in [2.75, 3.05) is 0 Å². The van der Waals surface area contributed by atoms with Gasteiger partial charge in [-0.25, -0.2) is 14.2 Å². The second-order valence-corrected chi connectivity index (χ2v) is 5.54. The second kappa shape index (κ2) is 6.10. The number of rotatable bonds is 4. The summed E-state index contributed by atoms with van der Waals surface area (Å²) in [5.41, 5.74) is 0.247. The largest absolute Gasteiger partial charge is 0.476 e. The van der Waals surface area contributed by atoms with Gasteiger partial charge in [0.05, 0.1) is 11.0 Å². The Hall–Kier alpha value is -1.80. The minimum Gasteiger partial charge on any atom is -0.476 e. The van der Waals surface area contributed by atoms with Gasteiger partial charge in [0.1, 0.15) is 10.8 Å². The van der Waals surface area contributed by atoms with E-state index in [9.17, 15) is 14.0 Å². The summed E-state index contributed by atoms with van der Waals surface area (Å²) in [5.74, 6) is -1.95. The first-order valence-electron chi connectivity index (χ1n) is 5.38. The van der Waals surface area contributed by atoms with Crippen molar-refractivity contribution in [3.63, 3.8) is 0 Å². The van der Waals surface area contributed by atoms with Gasteiger partial charge in [0.25, 0.3) is 5.91 Å². The van der Waals surface area contributed by atoms with Crippen molar-refractivity contribution >= 4 is 39.1 Å². The minimum atomic E-state index is -1.11. The molecule has 0 atom stereocenters. The molecular formula is C12H8BrFN2O3S. The molecule has 0 radical (unpaired) electrons. The number of halogens is 2. The van der Waals surface area contributed by atoms with Gasteiger partial charge in [-0.2, -0.15) is 0 Å². The first kappa shape index (κ1) is 14.6. The van der Waals surface area contributed by atoms with Crippen LogP contribution < -0.4 is 5.32 Å². The van der Waals surface area contributed by atoms with Crippen LogP contribution in [-0.2, 0) is 6.54 Å². The number of nitrogens with one attached hydrogen (secondary N) is 1. The van der Waals surface area contributed by atoms with Crippen LogP contribution in [0.2, 0.25) is 0 Å². The lowest BCUT2D eigenvalue weighted by Gasteiger charge is -2.04. The maximum Gasteiger partial charge on any atom is 0.355 e. The number of aromatic nitrogens is 1. The summed E-state index contributed by atoms with van der Waals surface area (Å²) in [6, 6.07) is 3.92. The van der Waals surface area contributed by atoms with Crippen LogP contribution in [0.3, 0.4) is 0 Å². The monoisotopic (exact) mass is 358 g/mol. The molecule has 8 heteroatoms. The summed E-state index contributed by atoms with van der Waals surface area (Å²) in [4.78, 5) is 26.3. The van der Waals surface area contributed by atoms with Crippen molar-refractivity contribution in [1.82, 2.24) is 10.3 Å². The Morgan fingerprint density at radius 2 is 2.20 bits per heavy atom. The number of thiazole rings is 1. The third-order valence-corrected chi connectivity index (χ3v) is 3.81. The molecule has 5 nitrogen and oxygen atoms in total. The highest BCUT2D eigenvalue weighted by molar-refractivity contribution is 9.10.